The number of halogens is 1. The Morgan fingerprint density at radius 2 is 1.83 bits per heavy atom. The van der Waals surface area contributed by atoms with Crippen LogP contribution in [0, 0.1) is 24.6 Å². The molecule has 12 nitrogen and oxygen atoms in total. The molecule has 4 heterocycles. The summed E-state index contributed by atoms with van der Waals surface area (Å²) in [7, 11) is 0. The van der Waals surface area contributed by atoms with Crippen molar-refractivity contribution >= 4 is 34.6 Å². The number of pyridine rings is 2. The monoisotopic (exact) mass is 737 g/mol. The molecular weight excluding hydrogens is 693 g/mol. The van der Waals surface area contributed by atoms with Crippen molar-refractivity contribution in [3.05, 3.63) is 97.6 Å². The number of ether oxygens (including phenoxy) is 2. The molecule has 2 aromatic carbocycles. The van der Waals surface area contributed by atoms with Gasteiger partial charge < -0.3 is 30.0 Å². The van der Waals surface area contributed by atoms with Crippen LogP contribution in [0.1, 0.15) is 84.5 Å². The van der Waals surface area contributed by atoms with E-state index in [1.807, 2.05) is 57.2 Å². The summed E-state index contributed by atoms with van der Waals surface area (Å²) in [6, 6.07) is 12.7. The highest BCUT2D eigenvalue weighted by Gasteiger charge is 2.37. The summed E-state index contributed by atoms with van der Waals surface area (Å²) in [5.74, 6) is -2.65. The van der Waals surface area contributed by atoms with Gasteiger partial charge in [-0.25, -0.2) is 9.37 Å². The molecule has 3 aliphatic rings. The van der Waals surface area contributed by atoms with Gasteiger partial charge in [0.1, 0.15) is 25.8 Å². The van der Waals surface area contributed by atoms with Gasteiger partial charge in [-0.05, 0) is 72.4 Å². The lowest BCUT2D eigenvalue weighted by molar-refractivity contribution is -0.148. The summed E-state index contributed by atoms with van der Waals surface area (Å²) in [4.78, 5) is 69.7. The summed E-state index contributed by atoms with van der Waals surface area (Å²) in [5, 5.41) is 9.07. The molecule has 0 bridgehead atoms. The fourth-order valence-corrected chi connectivity index (χ4v) is 8.04. The maximum Gasteiger partial charge on any atom is 0.313 e. The molecule has 1 aliphatic carbocycles. The molecule has 54 heavy (non-hydrogen) atoms. The lowest BCUT2D eigenvalue weighted by Gasteiger charge is -2.29. The van der Waals surface area contributed by atoms with Crippen molar-refractivity contribution in [1.82, 2.24) is 25.5 Å². The second-order valence-electron chi connectivity index (χ2n) is 14.6. The van der Waals surface area contributed by atoms with Crippen LogP contribution in [0.25, 0.3) is 22.3 Å². The lowest BCUT2D eigenvalue weighted by Crippen LogP contribution is -2.41. The van der Waals surface area contributed by atoms with Gasteiger partial charge in [0.2, 0.25) is 17.7 Å². The third-order valence-corrected chi connectivity index (χ3v) is 11.2. The van der Waals surface area contributed by atoms with Gasteiger partial charge in [-0.1, -0.05) is 51.1 Å². The minimum absolute atomic E-state index is 0.0727. The van der Waals surface area contributed by atoms with E-state index < -0.39 is 23.8 Å². The van der Waals surface area contributed by atoms with Crippen LogP contribution < -0.4 is 21.5 Å². The van der Waals surface area contributed by atoms with E-state index in [-0.39, 0.29) is 68.1 Å². The number of fused-ring (bicyclic) bond motifs is 5. The van der Waals surface area contributed by atoms with Gasteiger partial charge in [0.15, 0.2) is 0 Å². The van der Waals surface area contributed by atoms with E-state index in [9.17, 15) is 24.0 Å². The van der Waals surface area contributed by atoms with E-state index in [0.717, 1.165) is 34.1 Å². The number of rotatable bonds is 12. The summed E-state index contributed by atoms with van der Waals surface area (Å²) >= 11 is 0. The summed E-state index contributed by atoms with van der Waals surface area (Å²) in [6.45, 7) is 6.73. The van der Waals surface area contributed by atoms with Gasteiger partial charge in [0.05, 0.1) is 47.5 Å². The molecule has 0 saturated carbocycles. The molecule has 3 amide bonds. The number of nitrogens with zero attached hydrogens (tertiary/aromatic N) is 2. The summed E-state index contributed by atoms with van der Waals surface area (Å²) in [6.07, 6.45) is 2.20. The average Bonchev–Trinajstić information content (AvgIpc) is 3.53. The third kappa shape index (κ3) is 6.88. The van der Waals surface area contributed by atoms with Crippen molar-refractivity contribution in [1.29, 1.82) is 0 Å². The molecule has 0 saturated heterocycles. The number of aryl methyl sites for hydroxylation is 1. The highest BCUT2D eigenvalue weighted by molar-refractivity contribution is 5.94. The molecule has 13 heteroatoms. The van der Waals surface area contributed by atoms with E-state index in [0.29, 0.717) is 52.9 Å². The van der Waals surface area contributed by atoms with Crippen molar-refractivity contribution in [2.75, 3.05) is 19.9 Å². The number of nitrogens with one attached hydrogen (secondary N) is 3. The van der Waals surface area contributed by atoms with Crippen LogP contribution in [0.2, 0.25) is 0 Å². The Morgan fingerprint density at radius 3 is 2.59 bits per heavy atom. The first-order valence-corrected chi connectivity index (χ1v) is 18.5. The topological polar surface area (TPSA) is 158 Å². The molecule has 4 atom stereocenters. The minimum atomic E-state index is -0.569. The minimum Gasteiger partial charge on any atom is -0.460 e. The highest BCUT2D eigenvalue weighted by atomic mass is 19.1. The number of carbonyl (C=O) groups excluding carboxylic acids is 4. The Bertz CT molecular complexity index is 2240. The van der Waals surface area contributed by atoms with Gasteiger partial charge in [-0.15, -0.1) is 0 Å². The Kier molecular flexibility index (Phi) is 10.3. The maximum absolute atomic E-state index is 15.2. The second-order valence-corrected chi connectivity index (χ2v) is 14.6. The molecule has 7 rings (SSSR count). The molecule has 1 unspecified atom stereocenters. The molecular formula is C41H44FN5O7. The average molecular weight is 738 g/mol. The van der Waals surface area contributed by atoms with Crippen LogP contribution >= 0.6 is 0 Å². The van der Waals surface area contributed by atoms with Crippen molar-refractivity contribution < 1.29 is 33.0 Å². The summed E-state index contributed by atoms with van der Waals surface area (Å²) < 4.78 is 27.7. The van der Waals surface area contributed by atoms with Crippen LogP contribution in [0.5, 0.6) is 0 Å². The number of amides is 3. The number of aromatic nitrogens is 2. The zero-order chi connectivity index (χ0) is 38.3. The second kappa shape index (κ2) is 15.1. The Balaban J connectivity index is 1.01. The predicted molar refractivity (Wildman–Crippen MR) is 198 cm³/mol. The molecule has 2 aliphatic heterocycles. The number of hydrogen-bond acceptors (Lipinski definition) is 8. The van der Waals surface area contributed by atoms with Crippen LogP contribution in [0.4, 0.5) is 4.39 Å². The first-order valence-electron chi connectivity index (χ1n) is 18.5. The molecule has 2 aromatic heterocycles. The van der Waals surface area contributed by atoms with Crippen LogP contribution in [-0.4, -0.2) is 53.1 Å². The van der Waals surface area contributed by atoms with E-state index in [2.05, 4.69) is 16.0 Å². The normalized spacial score (nSPS) is 17.8. The first kappa shape index (κ1) is 36.9. The van der Waals surface area contributed by atoms with Crippen LogP contribution in [-0.2, 0) is 54.6 Å². The van der Waals surface area contributed by atoms with E-state index in [1.165, 1.54) is 6.07 Å². The predicted octanol–water partition coefficient (Wildman–Crippen LogP) is 4.25. The molecule has 0 spiro atoms. The van der Waals surface area contributed by atoms with Crippen molar-refractivity contribution in [3.8, 4) is 11.4 Å². The van der Waals surface area contributed by atoms with Gasteiger partial charge in [0.25, 0.3) is 5.56 Å². The lowest BCUT2D eigenvalue weighted by atomic mass is 9.81. The number of esters is 1. The Hall–Kier alpha value is -5.43. The van der Waals surface area contributed by atoms with E-state index in [4.69, 9.17) is 14.5 Å². The van der Waals surface area contributed by atoms with E-state index in [1.54, 1.807) is 11.5 Å². The van der Waals surface area contributed by atoms with E-state index >= 15 is 4.39 Å². The number of cyclic esters (lactones) is 1. The number of carbonyl (C=O) groups is 4. The van der Waals surface area contributed by atoms with Gasteiger partial charge in [-0.2, -0.15) is 0 Å². The third-order valence-electron chi connectivity index (χ3n) is 11.2. The van der Waals surface area contributed by atoms with Crippen molar-refractivity contribution in [2.24, 2.45) is 11.8 Å². The number of benzene rings is 2. The maximum atomic E-state index is 15.2. The molecule has 0 fully saturated rings. The molecule has 0 radical (unpaired) electrons. The number of hydrogen-bond donors (Lipinski definition) is 3. The zero-order valence-corrected chi connectivity index (χ0v) is 30.8. The largest absolute Gasteiger partial charge is 0.460 e. The zero-order valence-electron chi connectivity index (χ0n) is 30.8. The highest BCUT2D eigenvalue weighted by Crippen LogP contribution is 2.45. The molecule has 282 valence electrons. The smallest absolute Gasteiger partial charge is 0.313 e. The fourth-order valence-electron chi connectivity index (χ4n) is 8.04. The van der Waals surface area contributed by atoms with Gasteiger partial charge in [0, 0.05) is 22.9 Å². The van der Waals surface area contributed by atoms with Crippen LogP contribution in [0.3, 0.4) is 0 Å². The Morgan fingerprint density at radius 1 is 1.06 bits per heavy atom. The molecule has 3 N–H and O–H groups in total. The standard InChI is InChI=1S/C41H44FN5O7/c1-5-25-27-14-33-38-28(17-47(33)40(51)29(27)18-54-41(25)52)37-31(12-11-26-23(4)30(42)15-32(46-38)36(26)37)45-35(49)19-53-20-44-34(48)16-43-39(50)22(3)21(2)13-24-9-7-6-8-10-24/h6-10,14-15,21-22,25,31H,5,11-13,16-20H2,1-4H3,(H,43,50)(H,44,48)(H,45,49)/t21-,22?,25+,31-/m0/s1. The molecule has 4 aromatic rings. The van der Waals surface area contributed by atoms with Gasteiger partial charge in [-0.3, -0.25) is 24.0 Å². The summed E-state index contributed by atoms with van der Waals surface area (Å²) in [5.41, 5.74) is 6.33. The van der Waals surface area contributed by atoms with Crippen molar-refractivity contribution in [3.63, 3.8) is 0 Å². The van der Waals surface area contributed by atoms with Crippen LogP contribution in [0.15, 0.2) is 47.3 Å². The quantitative estimate of drug-likeness (QED) is 0.0975. The van der Waals surface area contributed by atoms with Crippen molar-refractivity contribution in [2.45, 2.75) is 78.5 Å². The first-order chi connectivity index (χ1) is 26.0. The Labute approximate surface area is 311 Å². The SMILES string of the molecule is CC[C@H]1C(=O)OCc2c1cc1n(c2=O)Cc2c-1nc1cc(F)c(C)c3c1c2[C@@H](NC(=O)COCNC(=O)CNC(=O)C(C)[C@@H](C)Cc1ccccc1)CC3. The van der Waals surface area contributed by atoms with Gasteiger partial charge >= 0.3 is 5.97 Å². The fraction of sp³-hybridized carbons (Fsp3) is 0.415.